The Balaban J connectivity index is 2.08. The lowest BCUT2D eigenvalue weighted by molar-refractivity contribution is 0.0697. The molecule has 0 aliphatic carbocycles. The topological polar surface area (TPSA) is 87.6 Å². The van der Waals surface area contributed by atoms with Crippen LogP contribution in [0.2, 0.25) is 0 Å². The van der Waals surface area contributed by atoms with Crippen LogP contribution in [0.1, 0.15) is 22.5 Å². The Labute approximate surface area is 134 Å². The molecule has 1 atom stereocenters. The second-order valence-corrected chi connectivity index (χ2v) is 8.22. The smallest absolute Gasteiger partial charge is 0.335 e. The molecule has 1 saturated heterocycles. The maximum atomic E-state index is 11.7. The molecule has 2 aromatic rings. The first-order valence-electron chi connectivity index (χ1n) is 7.35. The fraction of sp³-hybridized carbons (Fsp3) is 0.375. The van der Waals surface area contributed by atoms with Gasteiger partial charge in [-0.1, -0.05) is 0 Å². The standard InChI is InChI=1S/C16H18N2O4S/c1-10-7-15(18(2)12-5-6-23(21,22)9-12)13-4-3-11(16(19)20)8-14(13)17-10/h3-4,7-8,12H,5-6,9H2,1-2H3,(H,19,20)/t12-/m1/s1. The van der Waals surface area contributed by atoms with Crippen molar-refractivity contribution in [3.63, 3.8) is 0 Å². The van der Waals surface area contributed by atoms with Crippen molar-refractivity contribution >= 4 is 32.4 Å². The normalized spacial score (nSPS) is 19.8. The number of hydrogen-bond donors (Lipinski definition) is 1. The summed E-state index contributed by atoms with van der Waals surface area (Å²) in [5.41, 5.74) is 2.44. The number of carboxylic acid groups (broad SMARTS) is 1. The zero-order valence-electron chi connectivity index (χ0n) is 13.0. The number of nitrogens with zero attached hydrogens (tertiary/aromatic N) is 2. The van der Waals surface area contributed by atoms with Crippen molar-refractivity contribution < 1.29 is 18.3 Å². The molecular weight excluding hydrogens is 316 g/mol. The van der Waals surface area contributed by atoms with Crippen molar-refractivity contribution in [3.8, 4) is 0 Å². The third-order valence-electron chi connectivity index (χ3n) is 4.30. The summed E-state index contributed by atoms with van der Waals surface area (Å²) in [5.74, 6) is -0.626. The summed E-state index contributed by atoms with van der Waals surface area (Å²) in [5, 5.41) is 9.94. The number of sulfone groups is 1. The van der Waals surface area contributed by atoms with E-state index in [0.717, 1.165) is 16.8 Å². The number of aromatic carboxylic acids is 1. The number of carboxylic acids is 1. The Hall–Kier alpha value is -2.15. The van der Waals surface area contributed by atoms with E-state index in [1.165, 1.54) is 0 Å². The fourth-order valence-corrected chi connectivity index (χ4v) is 4.82. The summed E-state index contributed by atoms with van der Waals surface area (Å²) in [4.78, 5) is 17.5. The molecule has 1 aliphatic rings. The van der Waals surface area contributed by atoms with E-state index in [-0.39, 0.29) is 23.1 Å². The van der Waals surface area contributed by atoms with Crippen molar-refractivity contribution in [2.45, 2.75) is 19.4 Å². The molecular formula is C16H18N2O4S. The highest BCUT2D eigenvalue weighted by Crippen LogP contribution is 2.30. The summed E-state index contributed by atoms with van der Waals surface area (Å²) in [6, 6.07) is 6.68. The van der Waals surface area contributed by atoms with Gasteiger partial charge < -0.3 is 10.0 Å². The fourth-order valence-electron chi connectivity index (χ4n) is 3.04. The maximum Gasteiger partial charge on any atom is 0.335 e. The van der Waals surface area contributed by atoms with Gasteiger partial charge in [-0.15, -0.1) is 0 Å². The van der Waals surface area contributed by atoms with Crippen molar-refractivity contribution in [2.75, 3.05) is 23.5 Å². The van der Waals surface area contributed by atoms with Gasteiger partial charge in [0.2, 0.25) is 0 Å². The van der Waals surface area contributed by atoms with Gasteiger partial charge in [0.1, 0.15) is 0 Å². The van der Waals surface area contributed by atoms with Crippen LogP contribution in [0, 0.1) is 6.92 Å². The van der Waals surface area contributed by atoms with Crippen LogP contribution in [-0.2, 0) is 9.84 Å². The van der Waals surface area contributed by atoms with Gasteiger partial charge in [-0.25, -0.2) is 13.2 Å². The van der Waals surface area contributed by atoms with E-state index in [1.54, 1.807) is 18.2 Å². The highest BCUT2D eigenvalue weighted by atomic mass is 32.2. The zero-order chi connectivity index (χ0) is 16.8. The molecule has 1 N–H and O–H groups in total. The van der Waals surface area contributed by atoms with Crippen LogP contribution in [0.15, 0.2) is 24.3 Å². The van der Waals surface area contributed by atoms with Crippen LogP contribution in [-0.4, -0.2) is 49.1 Å². The third-order valence-corrected chi connectivity index (χ3v) is 6.05. The lowest BCUT2D eigenvalue weighted by Gasteiger charge is -2.27. The third kappa shape index (κ3) is 3.01. The maximum absolute atomic E-state index is 11.7. The molecule has 2 heterocycles. The number of fused-ring (bicyclic) bond motifs is 1. The second kappa shape index (κ2) is 5.49. The Bertz CT molecular complexity index is 892. The quantitative estimate of drug-likeness (QED) is 0.922. The molecule has 3 rings (SSSR count). The van der Waals surface area contributed by atoms with Crippen LogP contribution in [0.4, 0.5) is 5.69 Å². The van der Waals surface area contributed by atoms with Gasteiger partial charge in [-0.05, 0) is 37.6 Å². The van der Waals surface area contributed by atoms with Crippen LogP contribution in [0.25, 0.3) is 10.9 Å². The molecule has 0 amide bonds. The molecule has 0 unspecified atom stereocenters. The Morgan fingerprint density at radius 1 is 1.35 bits per heavy atom. The van der Waals surface area contributed by atoms with Crippen LogP contribution >= 0.6 is 0 Å². The van der Waals surface area contributed by atoms with E-state index in [0.29, 0.717) is 11.9 Å². The summed E-state index contributed by atoms with van der Waals surface area (Å²) in [6.07, 6.45) is 0.606. The summed E-state index contributed by atoms with van der Waals surface area (Å²) < 4.78 is 23.4. The average Bonchev–Trinajstić information content (AvgIpc) is 2.85. The molecule has 0 saturated carbocycles. The molecule has 6 nitrogen and oxygen atoms in total. The highest BCUT2D eigenvalue weighted by molar-refractivity contribution is 7.91. The van der Waals surface area contributed by atoms with Gasteiger partial charge in [0.05, 0.1) is 22.6 Å². The summed E-state index contributed by atoms with van der Waals surface area (Å²) >= 11 is 0. The minimum absolute atomic E-state index is 0.0656. The van der Waals surface area contributed by atoms with E-state index in [1.807, 2.05) is 24.9 Å². The minimum Gasteiger partial charge on any atom is -0.478 e. The first-order valence-corrected chi connectivity index (χ1v) is 9.17. The van der Waals surface area contributed by atoms with E-state index >= 15 is 0 Å². The number of carbonyl (C=O) groups is 1. The van der Waals surface area contributed by atoms with Gasteiger partial charge in [0.25, 0.3) is 0 Å². The van der Waals surface area contributed by atoms with Crippen LogP contribution in [0.5, 0.6) is 0 Å². The number of pyridine rings is 1. The van der Waals surface area contributed by atoms with Gasteiger partial charge in [0, 0.05) is 29.9 Å². The van der Waals surface area contributed by atoms with Gasteiger partial charge >= 0.3 is 5.97 Å². The largest absolute Gasteiger partial charge is 0.478 e. The van der Waals surface area contributed by atoms with Gasteiger partial charge in [-0.3, -0.25) is 4.98 Å². The average molecular weight is 334 g/mol. The zero-order valence-corrected chi connectivity index (χ0v) is 13.8. The van der Waals surface area contributed by atoms with E-state index in [2.05, 4.69) is 4.98 Å². The molecule has 0 spiro atoms. The molecule has 7 heteroatoms. The van der Waals surface area contributed by atoms with Crippen molar-refractivity contribution in [2.24, 2.45) is 0 Å². The van der Waals surface area contributed by atoms with Crippen LogP contribution in [0.3, 0.4) is 0 Å². The van der Waals surface area contributed by atoms with Crippen molar-refractivity contribution in [1.82, 2.24) is 4.98 Å². The molecule has 23 heavy (non-hydrogen) atoms. The van der Waals surface area contributed by atoms with E-state index in [4.69, 9.17) is 5.11 Å². The number of rotatable bonds is 3. The predicted molar refractivity (Wildman–Crippen MR) is 88.9 cm³/mol. The second-order valence-electron chi connectivity index (χ2n) is 5.99. The number of hydrogen-bond acceptors (Lipinski definition) is 5. The lowest BCUT2D eigenvalue weighted by Crippen LogP contribution is -2.32. The molecule has 0 radical (unpaired) electrons. The van der Waals surface area contributed by atoms with Crippen LogP contribution < -0.4 is 4.90 Å². The molecule has 1 fully saturated rings. The predicted octanol–water partition coefficient (Wildman–Crippen LogP) is 1.86. The highest BCUT2D eigenvalue weighted by Gasteiger charge is 2.31. The van der Waals surface area contributed by atoms with Crippen molar-refractivity contribution in [3.05, 3.63) is 35.5 Å². The first kappa shape index (κ1) is 15.7. The Kier molecular flexibility index (Phi) is 3.75. The van der Waals surface area contributed by atoms with Gasteiger partial charge in [-0.2, -0.15) is 0 Å². The molecule has 1 aromatic heterocycles. The SMILES string of the molecule is Cc1cc(N(C)[C@@H]2CCS(=O)(=O)C2)c2ccc(C(=O)O)cc2n1. The molecule has 1 aromatic carbocycles. The number of anilines is 1. The minimum atomic E-state index is -2.96. The van der Waals surface area contributed by atoms with Crippen molar-refractivity contribution in [1.29, 1.82) is 0 Å². The van der Waals surface area contributed by atoms with E-state index < -0.39 is 15.8 Å². The Morgan fingerprint density at radius 3 is 2.70 bits per heavy atom. The number of aromatic nitrogens is 1. The summed E-state index contributed by atoms with van der Waals surface area (Å²) in [6.45, 7) is 1.84. The summed E-state index contributed by atoms with van der Waals surface area (Å²) in [7, 11) is -1.09. The Morgan fingerprint density at radius 2 is 2.09 bits per heavy atom. The molecule has 122 valence electrons. The first-order chi connectivity index (χ1) is 10.8. The van der Waals surface area contributed by atoms with E-state index in [9.17, 15) is 13.2 Å². The molecule has 0 bridgehead atoms. The molecule has 1 aliphatic heterocycles. The lowest BCUT2D eigenvalue weighted by atomic mass is 10.1. The number of aryl methyl sites for hydroxylation is 1. The monoisotopic (exact) mass is 334 g/mol. The number of benzene rings is 1. The van der Waals surface area contributed by atoms with Gasteiger partial charge in [0.15, 0.2) is 9.84 Å².